The first-order valence-electron chi connectivity index (χ1n) is 10.7. The predicted octanol–water partition coefficient (Wildman–Crippen LogP) is 6.04. The van der Waals surface area contributed by atoms with E-state index in [1.165, 1.54) is 0 Å². The molecule has 2 aromatic carbocycles. The number of pyridine rings is 1. The topological polar surface area (TPSA) is 69.4 Å². The number of rotatable bonds is 6. The van der Waals surface area contributed by atoms with E-state index in [0.717, 1.165) is 56.9 Å². The predicted molar refractivity (Wildman–Crippen MR) is 128 cm³/mol. The van der Waals surface area contributed by atoms with Gasteiger partial charge < -0.3 is 4.84 Å². The molecule has 2 aromatic heterocycles. The summed E-state index contributed by atoms with van der Waals surface area (Å²) < 4.78 is 2.83. The Bertz CT molecular complexity index is 1350. The van der Waals surface area contributed by atoms with E-state index in [1.54, 1.807) is 12.5 Å². The summed E-state index contributed by atoms with van der Waals surface area (Å²) in [5, 5.41) is 5.37. The molecule has 0 amide bonds. The lowest BCUT2D eigenvalue weighted by Crippen LogP contribution is -2.09. The van der Waals surface area contributed by atoms with Crippen LogP contribution in [0.4, 0.5) is 0 Å². The van der Waals surface area contributed by atoms with Crippen molar-refractivity contribution in [3.63, 3.8) is 0 Å². The summed E-state index contributed by atoms with van der Waals surface area (Å²) in [6.07, 6.45) is 8.48. The number of imidazole rings is 1. The zero-order chi connectivity index (χ0) is 22.1. The minimum atomic E-state index is -0.322. The van der Waals surface area contributed by atoms with Gasteiger partial charge in [-0.3, -0.25) is 4.57 Å². The molecule has 0 saturated heterocycles. The fourth-order valence-electron chi connectivity index (χ4n) is 4.10. The molecular weight excluding hydrogens is 468 g/mol. The molecule has 1 aliphatic rings. The average molecular weight is 489 g/mol. The zero-order valence-electron chi connectivity index (χ0n) is 17.6. The Labute approximate surface area is 194 Å². The van der Waals surface area contributed by atoms with Gasteiger partial charge in [-0.2, -0.15) is 0 Å². The van der Waals surface area contributed by atoms with Crippen LogP contribution in [0.3, 0.4) is 0 Å². The highest BCUT2D eigenvalue weighted by molar-refractivity contribution is 9.10. The number of nitrogens with zero attached hydrogens (tertiary/aromatic N) is 4. The number of benzene rings is 2. The van der Waals surface area contributed by atoms with Gasteiger partial charge in [-0.1, -0.05) is 65.1 Å². The molecule has 0 spiro atoms. The standard InChI is InChI=1S/C25H21BrN4O2/c1-2-3-4-9-21(31)32-29-24-18-8-6-5-7-17(18)22-19-14-16(26)10-11-20(19)28-25(23(22)24)30-13-12-27-15-30/h5-8,10-15H,2-4,9H2,1H3/b29-24+. The average Bonchev–Trinajstić information content (AvgIpc) is 3.44. The number of unbranched alkanes of at least 4 members (excludes halogenated alkanes) is 2. The smallest absolute Gasteiger partial charge is 0.318 e. The minimum Gasteiger partial charge on any atom is -0.318 e. The van der Waals surface area contributed by atoms with Crippen LogP contribution in [0, 0.1) is 0 Å². The second-order valence-corrected chi connectivity index (χ2v) is 8.64. The van der Waals surface area contributed by atoms with Crippen molar-refractivity contribution in [2.45, 2.75) is 32.6 Å². The number of oxime groups is 1. The summed E-state index contributed by atoms with van der Waals surface area (Å²) in [4.78, 5) is 26.8. The summed E-state index contributed by atoms with van der Waals surface area (Å²) in [5.74, 6) is 0.377. The molecule has 0 N–H and O–H groups in total. The van der Waals surface area contributed by atoms with Crippen LogP contribution in [0.2, 0.25) is 0 Å². The first-order valence-corrected chi connectivity index (χ1v) is 11.5. The van der Waals surface area contributed by atoms with Crippen molar-refractivity contribution in [3.05, 3.63) is 76.8 Å². The molecule has 0 bridgehead atoms. The van der Waals surface area contributed by atoms with Crippen molar-refractivity contribution in [1.29, 1.82) is 0 Å². The van der Waals surface area contributed by atoms with Crippen LogP contribution < -0.4 is 0 Å². The lowest BCUT2D eigenvalue weighted by molar-refractivity contribution is -0.143. The summed E-state index contributed by atoms with van der Waals surface area (Å²) in [7, 11) is 0. The van der Waals surface area contributed by atoms with Gasteiger partial charge in [0.15, 0.2) is 0 Å². The minimum absolute atomic E-state index is 0.322. The molecule has 6 nitrogen and oxygen atoms in total. The lowest BCUT2D eigenvalue weighted by atomic mass is 10.0. The molecule has 4 aromatic rings. The molecule has 160 valence electrons. The highest BCUT2D eigenvalue weighted by Gasteiger charge is 2.32. The number of fused-ring (bicyclic) bond motifs is 5. The van der Waals surface area contributed by atoms with E-state index in [-0.39, 0.29) is 5.97 Å². The molecule has 1 aliphatic carbocycles. The summed E-state index contributed by atoms with van der Waals surface area (Å²) in [6.45, 7) is 2.10. The molecule has 0 fully saturated rings. The largest absolute Gasteiger partial charge is 0.335 e. The maximum absolute atomic E-state index is 12.3. The van der Waals surface area contributed by atoms with Crippen LogP contribution in [0.15, 0.2) is 70.8 Å². The number of halogens is 1. The molecule has 2 heterocycles. The van der Waals surface area contributed by atoms with Gasteiger partial charge in [-0.25, -0.2) is 14.8 Å². The molecule has 7 heteroatoms. The van der Waals surface area contributed by atoms with Gasteiger partial charge in [-0.05, 0) is 30.2 Å². The summed E-state index contributed by atoms with van der Waals surface area (Å²) in [6, 6.07) is 14.1. The highest BCUT2D eigenvalue weighted by Crippen LogP contribution is 2.44. The quantitative estimate of drug-likeness (QED) is 0.166. The van der Waals surface area contributed by atoms with Crippen molar-refractivity contribution in [3.8, 4) is 16.9 Å². The van der Waals surface area contributed by atoms with Crippen molar-refractivity contribution < 1.29 is 9.63 Å². The Hall–Kier alpha value is -3.32. The SMILES string of the molecule is CCCCCC(=O)O/N=C1\c2ccccc2-c2c1c(-n1ccnc1)nc1ccc(Br)cc21. The monoisotopic (exact) mass is 488 g/mol. The maximum atomic E-state index is 12.3. The first-order chi connectivity index (χ1) is 15.7. The Morgan fingerprint density at radius 3 is 2.75 bits per heavy atom. The molecule has 0 unspecified atom stereocenters. The Morgan fingerprint density at radius 1 is 1.12 bits per heavy atom. The summed E-state index contributed by atoms with van der Waals surface area (Å²) in [5.41, 5.74) is 5.28. The number of carbonyl (C=O) groups excluding carboxylic acids is 1. The second kappa shape index (κ2) is 8.67. The maximum Gasteiger partial charge on any atom is 0.335 e. The van der Waals surface area contributed by atoms with E-state index >= 15 is 0 Å². The molecule has 0 atom stereocenters. The Balaban J connectivity index is 1.72. The van der Waals surface area contributed by atoms with E-state index in [9.17, 15) is 4.79 Å². The van der Waals surface area contributed by atoms with E-state index < -0.39 is 0 Å². The second-order valence-electron chi connectivity index (χ2n) is 7.72. The third-order valence-electron chi connectivity index (χ3n) is 5.59. The Morgan fingerprint density at radius 2 is 1.97 bits per heavy atom. The lowest BCUT2D eigenvalue weighted by Gasteiger charge is -2.13. The normalized spacial score (nSPS) is 13.4. The molecular formula is C25H21BrN4O2. The van der Waals surface area contributed by atoms with Crippen LogP contribution in [-0.2, 0) is 9.63 Å². The van der Waals surface area contributed by atoms with Gasteiger partial charge >= 0.3 is 5.97 Å². The van der Waals surface area contributed by atoms with E-state index in [1.807, 2.05) is 41.1 Å². The Kier molecular flexibility index (Phi) is 5.57. The molecule has 5 rings (SSSR count). The van der Waals surface area contributed by atoms with Gasteiger partial charge in [0.2, 0.25) is 0 Å². The van der Waals surface area contributed by atoms with Crippen molar-refractivity contribution in [1.82, 2.24) is 14.5 Å². The van der Waals surface area contributed by atoms with Crippen molar-refractivity contribution in [2.24, 2.45) is 5.16 Å². The van der Waals surface area contributed by atoms with E-state index in [0.29, 0.717) is 18.0 Å². The van der Waals surface area contributed by atoms with E-state index in [2.05, 4.69) is 45.1 Å². The van der Waals surface area contributed by atoms with Gasteiger partial charge in [0, 0.05) is 39.8 Å². The molecule has 0 saturated carbocycles. The number of carbonyl (C=O) groups is 1. The van der Waals surface area contributed by atoms with Crippen LogP contribution in [0.5, 0.6) is 0 Å². The fourth-order valence-corrected chi connectivity index (χ4v) is 4.46. The van der Waals surface area contributed by atoms with Crippen molar-refractivity contribution in [2.75, 3.05) is 0 Å². The zero-order valence-corrected chi connectivity index (χ0v) is 19.2. The van der Waals surface area contributed by atoms with Gasteiger partial charge in [0.1, 0.15) is 17.9 Å². The number of hydrogen-bond donors (Lipinski definition) is 0. The number of aromatic nitrogens is 3. The molecule has 32 heavy (non-hydrogen) atoms. The molecule has 0 aliphatic heterocycles. The third-order valence-corrected chi connectivity index (χ3v) is 6.08. The fraction of sp³-hybridized carbons (Fsp3) is 0.200. The van der Waals surface area contributed by atoms with Crippen LogP contribution in [-0.4, -0.2) is 26.2 Å². The third kappa shape index (κ3) is 3.62. The summed E-state index contributed by atoms with van der Waals surface area (Å²) >= 11 is 3.59. The highest BCUT2D eigenvalue weighted by atomic mass is 79.9. The van der Waals surface area contributed by atoms with Crippen LogP contribution in [0.25, 0.3) is 27.8 Å². The molecule has 0 radical (unpaired) electrons. The van der Waals surface area contributed by atoms with Gasteiger partial charge in [0.05, 0.1) is 11.1 Å². The van der Waals surface area contributed by atoms with Gasteiger partial charge in [0.25, 0.3) is 0 Å². The first kappa shape index (κ1) is 20.6. The van der Waals surface area contributed by atoms with Gasteiger partial charge in [-0.15, -0.1) is 0 Å². The number of hydrogen-bond acceptors (Lipinski definition) is 5. The van der Waals surface area contributed by atoms with Crippen LogP contribution >= 0.6 is 15.9 Å². The van der Waals surface area contributed by atoms with Crippen LogP contribution in [0.1, 0.15) is 43.7 Å². The van der Waals surface area contributed by atoms with Crippen molar-refractivity contribution >= 4 is 38.5 Å². The van der Waals surface area contributed by atoms with E-state index in [4.69, 9.17) is 9.82 Å².